The lowest BCUT2D eigenvalue weighted by Crippen LogP contribution is -2.25. The highest BCUT2D eigenvalue weighted by atomic mass is 16.5. The van der Waals surface area contributed by atoms with Crippen LogP contribution in [0, 0.1) is 27.7 Å². The zero-order valence-electron chi connectivity index (χ0n) is 22.7. The quantitative estimate of drug-likeness (QED) is 0.295. The molecule has 0 saturated carbocycles. The normalized spacial score (nSPS) is 11.3. The molecule has 0 bridgehead atoms. The molecule has 4 heteroatoms. The van der Waals surface area contributed by atoms with Crippen molar-refractivity contribution < 1.29 is 14.2 Å². The van der Waals surface area contributed by atoms with Crippen LogP contribution >= 0.6 is 0 Å². The van der Waals surface area contributed by atoms with E-state index in [2.05, 4.69) is 83.8 Å². The standard InChI is InChI=1S/C31H41NO3/c1-21(2)27-15-14-22(3)18-29(27)34-17-16-32(7)19-28-25(6)30(23(4)24(5)31(28)33-8)35-20-26-12-10-9-11-13-26/h9-15,18,21H,16-17,19-20H2,1-8H3. The molecular weight excluding hydrogens is 434 g/mol. The molecule has 4 nitrogen and oxygen atoms in total. The van der Waals surface area contributed by atoms with Crippen LogP contribution in [0.2, 0.25) is 0 Å². The lowest BCUT2D eigenvalue weighted by molar-refractivity contribution is 0.228. The SMILES string of the molecule is COc1c(C)c(C)c(OCc2ccccc2)c(C)c1CN(C)CCOc1cc(C)ccc1C(C)C. The summed E-state index contributed by atoms with van der Waals surface area (Å²) in [5.74, 6) is 3.32. The molecule has 0 heterocycles. The number of rotatable bonds is 11. The van der Waals surface area contributed by atoms with Gasteiger partial charge in [-0.05, 0) is 80.1 Å². The Bertz CT molecular complexity index is 1120. The number of aryl methyl sites for hydroxylation is 1. The van der Waals surface area contributed by atoms with E-state index in [4.69, 9.17) is 14.2 Å². The second kappa shape index (κ2) is 12.1. The summed E-state index contributed by atoms with van der Waals surface area (Å²) in [5.41, 5.74) is 8.19. The van der Waals surface area contributed by atoms with Crippen LogP contribution in [0.4, 0.5) is 0 Å². The molecule has 0 unspecified atom stereocenters. The molecule has 0 aliphatic heterocycles. The van der Waals surface area contributed by atoms with Crippen LogP contribution in [-0.4, -0.2) is 32.2 Å². The van der Waals surface area contributed by atoms with Crippen molar-refractivity contribution in [3.8, 4) is 17.2 Å². The molecule has 0 saturated heterocycles. The van der Waals surface area contributed by atoms with Gasteiger partial charge in [0.05, 0.1) is 7.11 Å². The van der Waals surface area contributed by atoms with Gasteiger partial charge in [0.2, 0.25) is 0 Å². The van der Waals surface area contributed by atoms with Gasteiger partial charge in [0.25, 0.3) is 0 Å². The molecule has 0 amide bonds. The van der Waals surface area contributed by atoms with Gasteiger partial charge in [0, 0.05) is 18.7 Å². The van der Waals surface area contributed by atoms with Gasteiger partial charge < -0.3 is 14.2 Å². The first-order valence-corrected chi connectivity index (χ1v) is 12.5. The lowest BCUT2D eigenvalue weighted by atomic mass is 9.96. The highest BCUT2D eigenvalue weighted by Gasteiger charge is 2.20. The molecule has 0 spiro atoms. The highest BCUT2D eigenvalue weighted by molar-refractivity contribution is 5.58. The Labute approximate surface area is 211 Å². The van der Waals surface area contributed by atoms with E-state index in [9.17, 15) is 0 Å². The Morgan fingerprint density at radius 3 is 2.17 bits per heavy atom. The van der Waals surface area contributed by atoms with E-state index in [1.165, 1.54) is 16.7 Å². The fourth-order valence-corrected chi connectivity index (χ4v) is 4.47. The van der Waals surface area contributed by atoms with Crippen LogP contribution in [0.5, 0.6) is 17.2 Å². The van der Waals surface area contributed by atoms with Crippen molar-refractivity contribution >= 4 is 0 Å². The van der Waals surface area contributed by atoms with Gasteiger partial charge in [0.1, 0.15) is 30.5 Å². The van der Waals surface area contributed by atoms with Crippen molar-refractivity contribution in [1.82, 2.24) is 4.90 Å². The summed E-state index contributed by atoms with van der Waals surface area (Å²) in [7, 11) is 3.88. The van der Waals surface area contributed by atoms with Crippen LogP contribution in [0.3, 0.4) is 0 Å². The third-order valence-corrected chi connectivity index (χ3v) is 6.69. The van der Waals surface area contributed by atoms with E-state index in [-0.39, 0.29) is 0 Å². The predicted molar refractivity (Wildman–Crippen MR) is 145 cm³/mol. The van der Waals surface area contributed by atoms with Crippen molar-refractivity contribution in [2.24, 2.45) is 0 Å². The smallest absolute Gasteiger partial charge is 0.127 e. The topological polar surface area (TPSA) is 30.9 Å². The second-order valence-electron chi connectivity index (χ2n) is 9.77. The number of likely N-dealkylation sites (N-methyl/N-ethyl adjacent to an activating group) is 1. The molecule has 0 fully saturated rings. The van der Waals surface area contributed by atoms with Gasteiger partial charge >= 0.3 is 0 Å². The minimum atomic E-state index is 0.431. The Hall–Kier alpha value is -2.98. The fraction of sp³-hybridized carbons (Fsp3) is 0.419. The number of hydrogen-bond donors (Lipinski definition) is 0. The molecule has 0 atom stereocenters. The fourth-order valence-electron chi connectivity index (χ4n) is 4.47. The molecule has 0 N–H and O–H groups in total. The number of benzene rings is 3. The zero-order chi connectivity index (χ0) is 25.5. The number of methoxy groups -OCH3 is 1. The molecular formula is C31H41NO3. The summed E-state index contributed by atoms with van der Waals surface area (Å²) in [6.45, 7) is 15.6. The number of ether oxygens (including phenoxy) is 3. The predicted octanol–water partition coefficient (Wildman–Crippen LogP) is 7.14. The van der Waals surface area contributed by atoms with E-state index in [0.29, 0.717) is 19.1 Å². The molecule has 0 aliphatic carbocycles. The van der Waals surface area contributed by atoms with Crippen molar-refractivity contribution in [3.63, 3.8) is 0 Å². The molecule has 188 valence electrons. The maximum Gasteiger partial charge on any atom is 0.127 e. The van der Waals surface area contributed by atoms with Gasteiger partial charge in [-0.1, -0.05) is 56.3 Å². The zero-order valence-corrected chi connectivity index (χ0v) is 22.7. The van der Waals surface area contributed by atoms with E-state index in [0.717, 1.165) is 52.6 Å². The summed E-state index contributed by atoms with van der Waals surface area (Å²) in [6.07, 6.45) is 0. The summed E-state index contributed by atoms with van der Waals surface area (Å²) in [4.78, 5) is 2.28. The van der Waals surface area contributed by atoms with Crippen molar-refractivity contribution in [1.29, 1.82) is 0 Å². The summed E-state index contributed by atoms with van der Waals surface area (Å²) < 4.78 is 18.4. The lowest BCUT2D eigenvalue weighted by Gasteiger charge is -2.25. The van der Waals surface area contributed by atoms with Crippen LogP contribution in [0.15, 0.2) is 48.5 Å². The number of hydrogen-bond acceptors (Lipinski definition) is 4. The molecule has 35 heavy (non-hydrogen) atoms. The van der Waals surface area contributed by atoms with Gasteiger partial charge in [0.15, 0.2) is 0 Å². The van der Waals surface area contributed by atoms with E-state index < -0.39 is 0 Å². The summed E-state index contributed by atoms with van der Waals surface area (Å²) >= 11 is 0. The van der Waals surface area contributed by atoms with Crippen LogP contribution < -0.4 is 14.2 Å². The largest absolute Gasteiger partial charge is 0.496 e. The number of nitrogens with zero attached hydrogens (tertiary/aromatic N) is 1. The molecule has 3 rings (SSSR count). The van der Waals surface area contributed by atoms with Gasteiger partial charge in [-0.2, -0.15) is 0 Å². The van der Waals surface area contributed by atoms with E-state index in [1.54, 1.807) is 7.11 Å². The van der Waals surface area contributed by atoms with Crippen molar-refractivity contribution in [2.45, 2.75) is 60.6 Å². The summed E-state index contributed by atoms with van der Waals surface area (Å²) in [5, 5.41) is 0. The van der Waals surface area contributed by atoms with Crippen LogP contribution in [0.25, 0.3) is 0 Å². The maximum absolute atomic E-state index is 6.34. The minimum Gasteiger partial charge on any atom is -0.496 e. The third-order valence-electron chi connectivity index (χ3n) is 6.69. The van der Waals surface area contributed by atoms with Gasteiger partial charge in [-0.15, -0.1) is 0 Å². The molecule has 3 aromatic carbocycles. The Kier molecular flexibility index (Phi) is 9.22. The van der Waals surface area contributed by atoms with Gasteiger partial charge in [-0.3, -0.25) is 4.90 Å². The Morgan fingerprint density at radius 2 is 1.51 bits per heavy atom. The maximum atomic E-state index is 6.34. The molecule has 3 aromatic rings. The average Bonchev–Trinajstić information content (AvgIpc) is 2.83. The van der Waals surface area contributed by atoms with Crippen molar-refractivity contribution in [3.05, 3.63) is 87.5 Å². The second-order valence-corrected chi connectivity index (χ2v) is 9.77. The first-order valence-electron chi connectivity index (χ1n) is 12.5. The average molecular weight is 476 g/mol. The van der Waals surface area contributed by atoms with Crippen LogP contribution in [-0.2, 0) is 13.2 Å². The third kappa shape index (κ3) is 6.58. The first kappa shape index (κ1) is 26.6. The van der Waals surface area contributed by atoms with Gasteiger partial charge in [-0.25, -0.2) is 0 Å². The molecule has 0 aromatic heterocycles. The first-order chi connectivity index (χ1) is 16.7. The molecule has 0 aliphatic rings. The summed E-state index contributed by atoms with van der Waals surface area (Å²) in [6, 6.07) is 16.8. The molecule has 0 radical (unpaired) electrons. The van der Waals surface area contributed by atoms with Crippen molar-refractivity contribution in [2.75, 3.05) is 27.3 Å². The Balaban J connectivity index is 1.74. The minimum absolute atomic E-state index is 0.431. The Morgan fingerprint density at radius 1 is 0.829 bits per heavy atom. The highest BCUT2D eigenvalue weighted by Crippen LogP contribution is 2.38. The van der Waals surface area contributed by atoms with E-state index in [1.807, 2.05) is 18.2 Å². The van der Waals surface area contributed by atoms with Crippen LogP contribution in [0.1, 0.15) is 58.7 Å². The monoisotopic (exact) mass is 475 g/mol. The van der Waals surface area contributed by atoms with E-state index >= 15 is 0 Å².